The van der Waals surface area contributed by atoms with Crippen LogP contribution in [-0.2, 0) is 10.0 Å². The Morgan fingerprint density at radius 2 is 2.25 bits per heavy atom. The van der Waals surface area contributed by atoms with Gasteiger partial charge in [-0.2, -0.15) is 5.26 Å². The van der Waals surface area contributed by atoms with Gasteiger partial charge in [0.05, 0.1) is 0 Å². The third-order valence-electron chi connectivity index (χ3n) is 2.59. The topological polar surface area (TPSA) is 82.8 Å². The normalized spacial score (nSPS) is 16.4. The van der Waals surface area contributed by atoms with E-state index in [1.165, 1.54) is 18.3 Å². The number of sulfonamides is 1. The Hall–Kier alpha value is -1.45. The zero-order chi connectivity index (χ0) is 11.6. The Kier molecular flexibility index (Phi) is 2.90. The zero-order valence-corrected chi connectivity index (χ0v) is 9.37. The van der Waals surface area contributed by atoms with Crippen molar-refractivity contribution in [2.24, 2.45) is 0 Å². The highest BCUT2D eigenvalue weighted by Crippen LogP contribution is 2.21. The van der Waals surface area contributed by atoms with Crippen molar-refractivity contribution in [3.63, 3.8) is 0 Å². The predicted octanol–water partition coefficient (Wildman–Crippen LogP) is 0.784. The van der Waals surface area contributed by atoms with Gasteiger partial charge >= 0.3 is 0 Å². The van der Waals surface area contributed by atoms with Crippen molar-refractivity contribution in [3.8, 4) is 6.07 Å². The molecule has 5 nitrogen and oxygen atoms in total. The molecule has 0 aliphatic heterocycles. The summed E-state index contributed by atoms with van der Waals surface area (Å²) in [5.74, 6) is 0. The molecule has 0 saturated heterocycles. The van der Waals surface area contributed by atoms with E-state index in [0.29, 0.717) is 0 Å². The van der Waals surface area contributed by atoms with E-state index in [2.05, 4.69) is 9.71 Å². The van der Waals surface area contributed by atoms with Gasteiger partial charge in [-0.05, 0) is 25.0 Å². The van der Waals surface area contributed by atoms with Crippen LogP contribution in [0, 0.1) is 11.3 Å². The Balaban J connectivity index is 2.31. The van der Waals surface area contributed by atoms with E-state index in [1.807, 2.05) is 0 Å². The largest absolute Gasteiger partial charge is 0.244 e. The Bertz CT molecular complexity index is 529. The second-order valence-electron chi connectivity index (χ2n) is 3.71. The van der Waals surface area contributed by atoms with Crippen LogP contribution in [0.1, 0.15) is 25.0 Å². The van der Waals surface area contributed by atoms with Crippen molar-refractivity contribution < 1.29 is 8.42 Å². The van der Waals surface area contributed by atoms with E-state index in [0.717, 1.165) is 19.3 Å². The monoisotopic (exact) mass is 237 g/mol. The lowest BCUT2D eigenvalue weighted by atomic mass is 9.94. The lowest BCUT2D eigenvalue weighted by Crippen LogP contribution is -2.39. The average Bonchev–Trinajstić information content (AvgIpc) is 2.24. The van der Waals surface area contributed by atoms with E-state index in [9.17, 15) is 8.42 Å². The van der Waals surface area contributed by atoms with Gasteiger partial charge < -0.3 is 0 Å². The van der Waals surface area contributed by atoms with E-state index in [4.69, 9.17) is 5.26 Å². The molecule has 16 heavy (non-hydrogen) atoms. The molecule has 0 amide bonds. The van der Waals surface area contributed by atoms with Gasteiger partial charge in [-0.15, -0.1) is 0 Å². The van der Waals surface area contributed by atoms with E-state index >= 15 is 0 Å². The smallest absolute Gasteiger partial charge is 0.243 e. The maximum Gasteiger partial charge on any atom is 0.243 e. The number of hydrogen-bond donors (Lipinski definition) is 1. The summed E-state index contributed by atoms with van der Waals surface area (Å²) in [5, 5.41) is 8.78. The molecule has 6 heteroatoms. The number of pyridine rings is 1. The van der Waals surface area contributed by atoms with Crippen LogP contribution in [0.2, 0.25) is 0 Å². The molecule has 1 N–H and O–H groups in total. The lowest BCUT2D eigenvalue weighted by Gasteiger charge is -2.26. The fourth-order valence-electron chi connectivity index (χ4n) is 1.50. The highest BCUT2D eigenvalue weighted by atomic mass is 32.2. The second kappa shape index (κ2) is 4.20. The second-order valence-corrected chi connectivity index (χ2v) is 5.39. The van der Waals surface area contributed by atoms with Crippen LogP contribution in [-0.4, -0.2) is 19.4 Å². The first-order chi connectivity index (χ1) is 7.63. The van der Waals surface area contributed by atoms with Crippen molar-refractivity contribution in [2.75, 3.05) is 0 Å². The summed E-state index contributed by atoms with van der Waals surface area (Å²) in [7, 11) is -3.60. The summed E-state index contributed by atoms with van der Waals surface area (Å²) in [6, 6.07) is 4.70. The standard InChI is InChI=1S/C10H11N3O2S/c11-7-9-10(5-2-6-12-9)16(14,15)13-8-3-1-4-8/h2,5-6,8,13H,1,3-4H2. The predicted molar refractivity (Wildman–Crippen MR) is 56.9 cm³/mol. The Morgan fingerprint density at radius 3 is 2.81 bits per heavy atom. The van der Waals surface area contributed by atoms with Crippen LogP contribution in [0.15, 0.2) is 23.2 Å². The van der Waals surface area contributed by atoms with Crippen molar-refractivity contribution in [1.82, 2.24) is 9.71 Å². The molecule has 0 bridgehead atoms. The maximum atomic E-state index is 11.9. The van der Waals surface area contributed by atoms with E-state index in [-0.39, 0.29) is 16.6 Å². The molecular weight excluding hydrogens is 226 g/mol. The molecule has 1 aliphatic carbocycles. The third kappa shape index (κ3) is 2.05. The summed E-state index contributed by atoms with van der Waals surface area (Å²) in [4.78, 5) is 3.70. The fraction of sp³-hybridized carbons (Fsp3) is 0.400. The molecule has 84 valence electrons. The third-order valence-corrected chi connectivity index (χ3v) is 4.15. The molecule has 1 fully saturated rings. The van der Waals surface area contributed by atoms with Gasteiger partial charge in [-0.1, -0.05) is 6.42 Å². The molecular formula is C10H11N3O2S. The van der Waals surface area contributed by atoms with Gasteiger partial charge in [0.25, 0.3) is 0 Å². The summed E-state index contributed by atoms with van der Waals surface area (Å²) in [5.41, 5.74) is -0.0608. The summed E-state index contributed by atoms with van der Waals surface area (Å²) in [6.07, 6.45) is 4.18. The molecule has 0 atom stereocenters. The van der Waals surface area contributed by atoms with Gasteiger partial charge in [0, 0.05) is 12.2 Å². The van der Waals surface area contributed by atoms with Crippen LogP contribution < -0.4 is 4.72 Å². The minimum atomic E-state index is -3.60. The van der Waals surface area contributed by atoms with Crippen molar-refractivity contribution in [3.05, 3.63) is 24.0 Å². The maximum absolute atomic E-state index is 11.9. The van der Waals surface area contributed by atoms with Crippen LogP contribution in [0.3, 0.4) is 0 Å². The van der Waals surface area contributed by atoms with Gasteiger partial charge in [-0.25, -0.2) is 18.1 Å². The Labute approximate surface area is 94.2 Å². The lowest BCUT2D eigenvalue weighted by molar-refractivity contribution is 0.383. The fourth-order valence-corrected chi connectivity index (χ4v) is 2.91. The number of rotatable bonds is 3. The Morgan fingerprint density at radius 1 is 1.50 bits per heavy atom. The molecule has 1 heterocycles. The van der Waals surface area contributed by atoms with Gasteiger partial charge in [0.1, 0.15) is 11.0 Å². The minimum Gasteiger partial charge on any atom is -0.244 e. The molecule has 0 unspecified atom stereocenters. The number of nitrogens with one attached hydrogen (secondary N) is 1. The molecule has 0 aromatic carbocycles. The van der Waals surface area contributed by atoms with E-state index < -0.39 is 10.0 Å². The van der Waals surface area contributed by atoms with Crippen molar-refractivity contribution in [2.45, 2.75) is 30.2 Å². The SMILES string of the molecule is N#Cc1ncccc1S(=O)(=O)NC1CCC1. The molecule has 0 radical (unpaired) electrons. The highest BCUT2D eigenvalue weighted by molar-refractivity contribution is 7.89. The number of aromatic nitrogens is 1. The molecule has 2 rings (SSSR count). The first-order valence-electron chi connectivity index (χ1n) is 5.01. The van der Waals surface area contributed by atoms with Gasteiger partial charge in [0.2, 0.25) is 10.0 Å². The van der Waals surface area contributed by atoms with Crippen LogP contribution in [0.5, 0.6) is 0 Å². The average molecular weight is 237 g/mol. The van der Waals surface area contributed by atoms with Crippen LogP contribution in [0.25, 0.3) is 0 Å². The van der Waals surface area contributed by atoms with Crippen LogP contribution in [0.4, 0.5) is 0 Å². The van der Waals surface area contributed by atoms with Gasteiger partial charge in [-0.3, -0.25) is 0 Å². The molecule has 1 aliphatic rings. The first kappa shape index (κ1) is 11.0. The quantitative estimate of drug-likeness (QED) is 0.842. The molecule has 1 aromatic rings. The summed E-state index contributed by atoms with van der Waals surface area (Å²) < 4.78 is 26.4. The molecule has 1 saturated carbocycles. The van der Waals surface area contributed by atoms with Crippen LogP contribution >= 0.6 is 0 Å². The number of hydrogen-bond acceptors (Lipinski definition) is 4. The van der Waals surface area contributed by atoms with E-state index in [1.54, 1.807) is 6.07 Å². The summed E-state index contributed by atoms with van der Waals surface area (Å²) >= 11 is 0. The van der Waals surface area contributed by atoms with Crippen molar-refractivity contribution >= 4 is 10.0 Å². The molecule has 1 aromatic heterocycles. The summed E-state index contributed by atoms with van der Waals surface area (Å²) in [6.45, 7) is 0. The number of nitriles is 1. The first-order valence-corrected chi connectivity index (χ1v) is 6.49. The number of nitrogens with zero attached hydrogens (tertiary/aromatic N) is 2. The minimum absolute atomic E-state index is 0.0109. The highest BCUT2D eigenvalue weighted by Gasteiger charge is 2.26. The van der Waals surface area contributed by atoms with Gasteiger partial charge in [0.15, 0.2) is 5.69 Å². The van der Waals surface area contributed by atoms with Crippen molar-refractivity contribution in [1.29, 1.82) is 5.26 Å². The molecule has 0 spiro atoms. The zero-order valence-electron chi connectivity index (χ0n) is 8.55.